The van der Waals surface area contributed by atoms with Gasteiger partial charge in [0.1, 0.15) is 11.6 Å². The van der Waals surface area contributed by atoms with Crippen LogP contribution in [0.4, 0.5) is 5.82 Å². The molecule has 3 aromatic rings. The Morgan fingerprint density at radius 2 is 1.94 bits per heavy atom. The molecule has 0 unspecified atom stereocenters. The smallest absolute Gasteiger partial charge is 0.338 e. The zero-order valence-electron chi connectivity index (χ0n) is 18.5. The molecule has 0 radical (unpaired) electrons. The van der Waals surface area contributed by atoms with Crippen molar-refractivity contribution < 1.29 is 14.3 Å². The van der Waals surface area contributed by atoms with E-state index in [1.807, 2.05) is 13.8 Å². The molecule has 0 saturated heterocycles. The van der Waals surface area contributed by atoms with Gasteiger partial charge in [0, 0.05) is 25.1 Å². The maximum absolute atomic E-state index is 12.8. The molecule has 1 aliphatic heterocycles. The zero-order chi connectivity index (χ0) is 22.8. The van der Waals surface area contributed by atoms with Crippen LogP contribution in [0.1, 0.15) is 62.3 Å². The average Bonchev–Trinajstić information content (AvgIpc) is 3.10. The number of aryl methyl sites for hydroxylation is 1. The van der Waals surface area contributed by atoms with Crippen LogP contribution in [0.3, 0.4) is 0 Å². The van der Waals surface area contributed by atoms with Crippen LogP contribution < -0.4 is 10.9 Å². The Bertz CT molecular complexity index is 1230. The predicted molar refractivity (Wildman–Crippen MR) is 120 cm³/mol. The van der Waals surface area contributed by atoms with E-state index in [-0.39, 0.29) is 17.2 Å². The van der Waals surface area contributed by atoms with Gasteiger partial charge in [-0.15, -0.1) is 0 Å². The van der Waals surface area contributed by atoms with Crippen LogP contribution in [-0.4, -0.2) is 37.3 Å². The molecule has 9 heteroatoms. The fourth-order valence-corrected chi connectivity index (χ4v) is 3.88. The SMILES string of the molecule is CC(C)n1nccc1NC(=O)[C@H](C)OC(=O)c1ccc2c(=O)n3c(nc2c1)CCCCC3. The molecule has 0 bridgehead atoms. The average molecular weight is 438 g/mol. The number of aromatic nitrogens is 4. The van der Waals surface area contributed by atoms with Gasteiger partial charge in [0.15, 0.2) is 6.10 Å². The molecule has 1 aliphatic rings. The van der Waals surface area contributed by atoms with Crippen LogP contribution in [0.15, 0.2) is 35.3 Å². The number of esters is 1. The van der Waals surface area contributed by atoms with Crippen molar-refractivity contribution in [2.24, 2.45) is 0 Å². The van der Waals surface area contributed by atoms with Crippen LogP contribution >= 0.6 is 0 Å². The van der Waals surface area contributed by atoms with E-state index in [9.17, 15) is 14.4 Å². The van der Waals surface area contributed by atoms with Gasteiger partial charge in [-0.05, 0) is 51.8 Å². The summed E-state index contributed by atoms with van der Waals surface area (Å²) in [6.07, 6.45) is 4.33. The van der Waals surface area contributed by atoms with Gasteiger partial charge in [-0.3, -0.25) is 14.2 Å². The summed E-state index contributed by atoms with van der Waals surface area (Å²) < 4.78 is 8.77. The van der Waals surface area contributed by atoms with Crippen LogP contribution in [0.5, 0.6) is 0 Å². The van der Waals surface area contributed by atoms with E-state index < -0.39 is 18.0 Å². The van der Waals surface area contributed by atoms with Crippen molar-refractivity contribution in [2.45, 2.75) is 65.1 Å². The van der Waals surface area contributed by atoms with Gasteiger partial charge < -0.3 is 10.1 Å². The van der Waals surface area contributed by atoms with E-state index in [0.717, 1.165) is 31.5 Å². The quantitative estimate of drug-likeness (QED) is 0.615. The molecule has 0 fully saturated rings. The summed E-state index contributed by atoms with van der Waals surface area (Å²) in [5, 5.41) is 7.37. The van der Waals surface area contributed by atoms with E-state index >= 15 is 0 Å². The number of hydrogen-bond acceptors (Lipinski definition) is 6. The first-order valence-corrected chi connectivity index (χ1v) is 10.9. The molecule has 1 amide bonds. The van der Waals surface area contributed by atoms with Crippen molar-refractivity contribution in [2.75, 3.05) is 5.32 Å². The second kappa shape index (κ2) is 8.94. The Morgan fingerprint density at radius 3 is 2.72 bits per heavy atom. The van der Waals surface area contributed by atoms with Gasteiger partial charge in [-0.1, -0.05) is 6.42 Å². The molecule has 2 aromatic heterocycles. The van der Waals surface area contributed by atoms with E-state index in [4.69, 9.17) is 4.74 Å². The molecule has 168 valence electrons. The number of carbonyl (C=O) groups is 2. The number of carbonyl (C=O) groups excluding carboxylic acids is 2. The second-order valence-corrected chi connectivity index (χ2v) is 8.32. The lowest BCUT2D eigenvalue weighted by molar-refractivity contribution is -0.123. The monoisotopic (exact) mass is 437 g/mol. The van der Waals surface area contributed by atoms with Crippen LogP contribution in [0.25, 0.3) is 10.9 Å². The van der Waals surface area contributed by atoms with Gasteiger partial charge in [-0.2, -0.15) is 5.10 Å². The molecule has 32 heavy (non-hydrogen) atoms. The Labute approximate surface area is 185 Å². The number of amides is 1. The molecule has 0 aliphatic carbocycles. The molecule has 0 saturated carbocycles. The number of hydrogen-bond donors (Lipinski definition) is 1. The molecule has 3 heterocycles. The summed E-state index contributed by atoms with van der Waals surface area (Å²) in [6, 6.07) is 6.45. The molecule has 0 spiro atoms. The lowest BCUT2D eigenvalue weighted by atomic mass is 10.1. The molecular weight excluding hydrogens is 410 g/mol. The van der Waals surface area contributed by atoms with E-state index in [0.29, 0.717) is 23.3 Å². The first-order chi connectivity index (χ1) is 15.3. The minimum absolute atomic E-state index is 0.0716. The molecule has 9 nitrogen and oxygen atoms in total. The Morgan fingerprint density at radius 1 is 1.12 bits per heavy atom. The van der Waals surface area contributed by atoms with Gasteiger partial charge in [0.25, 0.3) is 11.5 Å². The summed E-state index contributed by atoms with van der Waals surface area (Å²) in [7, 11) is 0. The molecule has 1 atom stereocenters. The highest BCUT2D eigenvalue weighted by molar-refractivity contribution is 5.98. The molecular formula is C23H27N5O4. The number of nitrogens with one attached hydrogen (secondary N) is 1. The predicted octanol–water partition coefficient (Wildman–Crippen LogP) is 3.08. The van der Waals surface area contributed by atoms with E-state index in [2.05, 4.69) is 15.4 Å². The lowest BCUT2D eigenvalue weighted by Gasteiger charge is -2.16. The van der Waals surface area contributed by atoms with Gasteiger partial charge >= 0.3 is 5.97 Å². The number of fused-ring (bicyclic) bond motifs is 2. The van der Waals surface area contributed by atoms with Gasteiger partial charge in [0.05, 0.1) is 22.7 Å². The molecule has 4 rings (SSSR count). The summed E-state index contributed by atoms with van der Waals surface area (Å²) in [6.45, 7) is 6.08. The van der Waals surface area contributed by atoms with Crippen molar-refractivity contribution in [3.05, 3.63) is 52.2 Å². The van der Waals surface area contributed by atoms with Crippen molar-refractivity contribution in [3.8, 4) is 0 Å². The lowest BCUT2D eigenvalue weighted by Crippen LogP contribution is -2.31. The Kier molecular flexibility index (Phi) is 6.07. The fraction of sp³-hybridized carbons (Fsp3) is 0.435. The number of anilines is 1. The highest BCUT2D eigenvalue weighted by Crippen LogP contribution is 2.18. The third-order valence-electron chi connectivity index (χ3n) is 5.62. The normalized spacial score (nSPS) is 14.6. The standard InChI is InChI=1S/C23H27N5O4/c1-14(2)28-20(10-11-24-28)26-21(29)15(3)32-23(31)16-8-9-17-18(13-16)25-19-7-5-4-6-12-27(19)22(17)30/h8-11,13-15H,4-7,12H2,1-3H3,(H,26,29)/t15-/m0/s1. The van der Waals surface area contributed by atoms with Crippen LogP contribution in [0, 0.1) is 0 Å². The van der Waals surface area contributed by atoms with Crippen molar-refractivity contribution in [3.63, 3.8) is 0 Å². The molecule has 1 N–H and O–H groups in total. The minimum Gasteiger partial charge on any atom is -0.449 e. The number of nitrogens with zero attached hydrogens (tertiary/aromatic N) is 4. The van der Waals surface area contributed by atoms with Gasteiger partial charge in [-0.25, -0.2) is 14.5 Å². The van der Waals surface area contributed by atoms with Crippen molar-refractivity contribution in [1.29, 1.82) is 0 Å². The van der Waals surface area contributed by atoms with Gasteiger partial charge in [0.2, 0.25) is 0 Å². The van der Waals surface area contributed by atoms with Crippen molar-refractivity contribution in [1.82, 2.24) is 19.3 Å². The molecule has 1 aromatic carbocycles. The first-order valence-electron chi connectivity index (χ1n) is 10.9. The minimum atomic E-state index is -1.01. The fourth-order valence-electron chi connectivity index (χ4n) is 3.88. The second-order valence-electron chi connectivity index (χ2n) is 8.32. The third kappa shape index (κ3) is 4.28. The van der Waals surface area contributed by atoms with Crippen molar-refractivity contribution >= 4 is 28.6 Å². The zero-order valence-corrected chi connectivity index (χ0v) is 18.5. The summed E-state index contributed by atoms with van der Waals surface area (Å²) >= 11 is 0. The topological polar surface area (TPSA) is 108 Å². The van der Waals surface area contributed by atoms with E-state index in [1.54, 1.807) is 33.6 Å². The number of benzene rings is 1. The highest BCUT2D eigenvalue weighted by Gasteiger charge is 2.22. The first kappa shape index (κ1) is 21.7. The summed E-state index contributed by atoms with van der Waals surface area (Å²) in [4.78, 5) is 42.7. The number of rotatable bonds is 5. The Hall–Kier alpha value is -3.49. The van der Waals surface area contributed by atoms with Crippen LogP contribution in [-0.2, 0) is 22.5 Å². The third-order valence-corrected chi connectivity index (χ3v) is 5.62. The largest absolute Gasteiger partial charge is 0.449 e. The highest BCUT2D eigenvalue weighted by atomic mass is 16.5. The van der Waals surface area contributed by atoms with E-state index in [1.165, 1.54) is 13.0 Å². The van der Waals surface area contributed by atoms with Crippen LogP contribution in [0.2, 0.25) is 0 Å². The summed E-state index contributed by atoms with van der Waals surface area (Å²) in [5.41, 5.74) is 0.631. The summed E-state index contributed by atoms with van der Waals surface area (Å²) in [5.74, 6) is 0.177. The maximum atomic E-state index is 12.8. The Balaban J connectivity index is 1.51. The number of ether oxygens (including phenoxy) is 1. The maximum Gasteiger partial charge on any atom is 0.338 e.